The number of aromatic nitrogens is 3. The monoisotopic (exact) mass is 248 g/mol. The predicted octanol–water partition coefficient (Wildman–Crippen LogP) is 0.218. The van der Waals surface area contributed by atoms with E-state index in [0.717, 1.165) is 0 Å². The Bertz CT molecular complexity index is 618. The number of carbonyl (C=O) groups excluding carboxylic acids is 1. The van der Waals surface area contributed by atoms with E-state index < -0.39 is 5.97 Å². The van der Waals surface area contributed by atoms with Gasteiger partial charge in [0.15, 0.2) is 0 Å². The largest absolute Gasteiger partial charge is 0.478 e. The summed E-state index contributed by atoms with van der Waals surface area (Å²) in [7, 11) is 3.29. The van der Waals surface area contributed by atoms with E-state index in [1.54, 1.807) is 20.2 Å². The van der Waals surface area contributed by atoms with Crippen LogP contribution in [0.15, 0.2) is 18.2 Å². The smallest absolute Gasteiger partial charge is 0.335 e. The lowest BCUT2D eigenvalue weighted by Crippen LogP contribution is -2.26. The first-order valence-electron chi connectivity index (χ1n) is 5.25. The zero-order valence-electron chi connectivity index (χ0n) is 9.99. The van der Waals surface area contributed by atoms with E-state index in [2.05, 4.69) is 10.3 Å². The van der Waals surface area contributed by atoms with Crippen LogP contribution < -0.4 is 0 Å². The maximum Gasteiger partial charge on any atom is 0.335 e. The minimum Gasteiger partial charge on any atom is -0.478 e. The van der Waals surface area contributed by atoms with Gasteiger partial charge in [0.1, 0.15) is 12.1 Å². The molecule has 7 heteroatoms. The van der Waals surface area contributed by atoms with Gasteiger partial charge in [-0.3, -0.25) is 4.79 Å². The van der Waals surface area contributed by atoms with Crippen LogP contribution >= 0.6 is 0 Å². The number of rotatable bonds is 3. The second kappa shape index (κ2) is 4.44. The highest BCUT2D eigenvalue weighted by molar-refractivity contribution is 5.92. The number of benzene rings is 1. The Morgan fingerprint density at radius 1 is 1.39 bits per heavy atom. The molecule has 1 amide bonds. The fraction of sp³-hybridized carbons (Fsp3) is 0.273. The van der Waals surface area contributed by atoms with Gasteiger partial charge in [-0.2, -0.15) is 0 Å². The molecule has 1 heterocycles. The number of likely N-dealkylation sites (N-methyl/N-ethyl adjacent to an activating group) is 1. The zero-order chi connectivity index (χ0) is 13.3. The van der Waals surface area contributed by atoms with Crippen molar-refractivity contribution in [3.05, 3.63) is 23.8 Å². The van der Waals surface area contributed by atoms with E-state index in [1.807, 2.05) is 0 Å². The highest BCUT2D eigenvalue weighted by atomic mass is 16.4. The number of nitrogens with zero attached hydrogens (tertiary/aromatic N) is 4. The van der Waals surface area contributed by atoms with Gasteiger partial charge in [-0.15, -0.1) is 5.10 Å². The van der Waals surface area contributed by atoms with Crippen molar-refractivity contribution in [3.8, 4) is 0 Å². The molecule has 94 valence electrons. The fourth-order valence-corrected chi connectivity index (χ4v) is 1.48. The molecule has 2 aromatic rings. The number of fused-ring (bicyclic) bond motifs is 1. The van der Waals surface area contributed by atoms with Gasteiger partial charge < -0.3 is 10.0 Å². The number of carboxylic acids is 1. The Kier molecular flexibility index (Phi) is 2.97. The number of carbonyl (C=O) groups is 2. The van der Waals surface area contributed by atoms with E-state index in [1.165, 1.54) is 21.7 Å². The molecule has 1 aromatic heterocycles. The Hall–Kier alpha value is -2.44. The Balaban J connectivity index is 2.42. The van der Waals surface area contributed by atoms with Crippen molar-refractivity contribution in [2.75, 3.05) is 14.1 Å². The Labute approximate surface area is 103 Å². The second-order valence-electron chi connectivity index (χ2n) is 4.04. The van der Waals surface area contributed by atoms with E-state index >= 15 is 0 Å². The van der Waals surface area contributed by atoms with Crippen LogP contribution in [0, 0.1) is 0 Å². The van der Waals surface area contributed by atoms with Gasteiger partial charge in [-0.1, -0.05) is 5.21 Å². The van der Waals surface area contributed by atoms with Gasteiger partial charge in [0.2, 0.25) is 5.91 Å². The molecule has 0 aliphatic heterocycles. The van der Waals surface area contributed by atoms with Crippen LogP contribution in [-0.2, 0) is 11.3 Å². The van der Waals surface area contributed by atoms with Crippen molar-refractivity contribution in [2.45, 2.75) is 6.54 Å². The molecule has 1 aromatic carbocycles. The van der Waals surface area contributed by atoms with Crippen LogP contribution in [0.1, 0.15) is 10.4 Å². The normalized spacial score (nSPS) is 10.6. The minimum absolute atomic E-state index is 0.0343. The average molecular weight is 248 g/mol. The lowest BCUT2D eigenvalue weighted by atomic mass is 10.2. The molecule has 0 fully saturated rings. The molecule has 0 radical (unpaired) electrons. The average Bonchev–Trinajstić information content (AvgIpc) is 2.71. The molecule has 0 aliphatic carbocycles. The highest BCUT2D eigenvalue weighted by Gasteiger charge is 2.12. The summed E-state index contributed by atoms with van der Waals surface area (Å²) in [5, 5.41) is 16.6. The van der Waals surface area contributed by atoms with Gasteiger partial charge in [0, 0.05) is 14.1 Å². The fourth-order valence-electron chi connectivity index (χ4n) is 1.48. The molecule has 0 spiro atoms. The van der Waals surface area contributed by atoms with Crippen molar-refractivity contribution in [1.29, 1.82) is 0 Å². The zero-order valence-corrected chi connectivity index (χ0v) is 9.99. The van der Waals surface area contributed by atoms with Gasteiger partial charge in [0.05, 0.1) is 11.1 Å². The predicted molar refractivity (Wildman–Crippen MR) is 63.2 cm³/mol. The molecule has 0 aliphatic rings. The first kappa shape index (κ1) is 12.0. The van der Waals surface area contributed by atoms with Crippen LogP contribution in [-0.4, -0.2) is 51.0 Å². The van der Waals surface area contributed by atoms with Crippen LogP contribution in [0.25, 0.3) is 11.0 Å². The topological polar surface area (TPSA) is 88.3 Å². The third kappa shape index (κ3) is 2.15. The molecule has 0 unspecified atom stereocenters. The van der Waals surface area contributed by atoms with Crippen molar-refractivity contribution >= 4 is 22.9 Å². The standard InChI is InChI=1S/C11H12N4O3/c1-14(2)10(16)6-15-9-5-7(11(17)18)3-4-8(9)12-13-15/h3-5H,6H2,1-2H3,(H,17,18). The molecule has 1 N–H and O–H groups in total. The summed E-state index contributed by atoms with van der Waals surface area (Å²) in [6.45, 7) is 0.0343. The van der Waals surface area contributed by atoms with Gasteiger partial charge in [0.25, 0.3) is 0 Å². The summed E-state index contributed by atoms with van der Waals surface area (Å²) in [6.07, 6.45) is 0. The Morgan fingerprint density at radius 3 is 2.72 bits per heavy atom. The van der Waals surface area contributed by atoms with Crippen LogP contribution in [0.2, 0.25) is 0 Å². The molecular weight excluding hydrogens is 236 g/mol. The summed E-state index contributed by atoms with van der Waals surface area (Å²) < 4.78 is 1.39. The summed E-state index contributed by atoms with van der Waals surface area (Å²) >= 11 is 0. The molecule has 0 saturated heterocycles. The lowest BCUT2D eigenvalue weighted by Gasteiger charge is -2.09. The lowest BCUT2D eigenvalue weighted by molar-refractivity contribution is -0.129. The second-order valence-corrected chi connectivity index (χ2v) is 4.04. The Morgan fingerprint density at radius 2 is 2.11 bits per heavy atom. The highest BCUT2D eigenvalue weighted by Crippen LogP contribution is 2.13. The van der Waals surface area contributed by atoms with E-state index in [0.29, 0.717) is 11.0 Å². The summed E-state index contributed by atoms with van der Waals surface area (Å²) in [4.78, 5) is 23.9. The maximum absolute atomic E-state index is 11.6. The number of hydrogen-bond acceptors (Lipinski definition) is 4. The molecule has 2 rings (SSSR count). The van der Waals surface area contributed by atoms with E-state index in [9.17, 15) is 9.59 Å². The van der Waals surface area contributed by atoms with Crippen LogP contribution in [0.3, 0.4) is 0 Å². The minimum atomic E-state index is -1.02. The van der Waals surface area contributed by atoms with Crippen molar-refractivity contribution in [1.82, 2.24) is 19.9 Å². The molecule has 0 bridgehead atoms. The number of carboxylic acid groups (broad SMARTS) is 1. The molecule has 7 nitrogen and oxygen atoms in total. The first-order chi connectivity index (χ1) is 8.49. The number of amides is 1. The summed E-state index contributed by atoms with van der Waals surface area (Å²) in [6, 6.07) is 4.49. The summed E-state index contributed by atoms with van der Waals surface area (Å²) in [5.74, 6) is -1.16. The molecule has 18 heavy (non-hydrogen) atoms. The quantitative estimate of drug-likeness (QED) is 0.839. The third-order valence-corrected chi connectivity index (χ3v) is 2.54. The molecule has 0 saturated carbocycles. The third-order valence-electron chi connectivity index (χ3n) is 2.54. The number of aromatic carboxylic acids is 1. The van der Waals surface area contributed by atoms with Crippen LogP contribution in [0.5, 0.6) is 0 Å². The summed E-state index contributed by atoms with van der Waals surface area (Å²) in [5.41, 5.74) is 1.24. The van der Waals surface area contributed by atoms with Crippen molar-refractivity contribution < 1.29 is 14.7 Å². The SMILES string of the molecule is CN(C)C(=O)Cn1nnc2ccc(C(=O)O)cc21. The van der Waals surface area contributed by atoms with E-state index in [4.69, 9.17) is 5.11 Å². The first-order valence-corrected chi connectivity index (χ1v) is 5.25. The van der Waals surface area contributed by atoms with Crippen LogP contribution in [0.4, 0.5) is 0 Å². The van der Waals surface area contributed by atoms with E-state index in [-0.39, 0.29) is 18.0 Å². The maximum atomic E-state index is 11.6. The number of hydrogen-bond donors (Lipinski definition) is 1. The van der Waals surface area contributed by atoms with Gasteiger partial charge in [-0.05, 0) is 18.2 Å². The molecular formula is C11H12N4O3. The molecule has 0 atom stereocenters. The van der Waals surface area contributed by atoms with Crippen molar-refractivity contribution in [3.63, 3.8) is 0 Å². The van der Waals surface area contributed by atoms with Crippen molar-refractivity contribution in [2.24, 2.45) is 0 Å². The van der Waals surface area contributed by atoms with Gasteiger partial charge >= 0.3 is 5.97 Å². The van der Waals surface area contributed by atoms with Gasteiger partial charge in [-0.25, -0.2) is 9.48 Å².